The summed E-state index contributed by atoms with van der Waals surface area (Å²) in [5, 5.41) is 3.63. The molecule has 1 N–H and O–H groups in total. The van der Waals surface area contributed by atoms with Gasteiger partial charge in [-0.05, 0) is 57.2 Å². The highest BCUT2D eigenvalue weighted by atomic mass is 16.5. The average molecular weight is 292 g/mol. The number of nitrogens with one attached hydrogen (secondary N) is 1. The number of aromatic nitrogens is 1. The predicted molar refractivity (Wildman–Crippen MR) is 84.2 cm³/mol. The summed E-state index contributed by atoms with van der Waals surface area (Å²) in [6.07, 6.45) is 9.16. The van der Waals surface area contributed by atoms with E-state index < -0.39 is 5.41 Å². The standard InChI is InChI=1S/C17H28N2O2/c1-5-9-18-15-8-6-7-13-10-19(11-14(13)15)12-17(2,3)16(20)21-4/h10-11,15,18H,5-9,12H2,1-4H3. The molecule has 1 aromatic rings. The van der Waals surface area contributed by atoms with Crippen molar-refractivity contribution >= 4 is 5.97 Å². The van der Waals surface area contributed by atoms with Crippen molar-refractivity contribution in [1.29, 1.82) is 0 Å². The summed E-state index contributed by atoms with van der Waals surface area (Å²) in [7, 11) is 1.45. The van der Waals surface area contributed by atoms with Crippen LogP contribution in [0.3, 0.4) is 0 Å². The molecule has 0 spiro atoms. The molecule has 0 bridgehead atoms. The Morgan fingerprint density at radius 2 is 2.24 bits per heavy atom. The Morgan fingerprint density at radius 3 is 2.90 bits per heavy atom. The SMILES string of the molecule is CCCNC1CCCc2cn(CC(C)(C)C(=O)OC)cc21. The largest absolute Gasteiger partial charge is 0.469 e. The van der Waals surface area contributed by atoms with Gasteiger partial charge >= 0.3 is 5.97 Å². The molecule has 1 aromatic heterocycles. The quantitative estimate of drug-likeness (QED) is 0.819. The minimum absolute atomic E-state index is 0.158. The van der Waals surface area contributed by atoms with Crippen LogP contribution in [0.15, 0.2) is 12.4 Å². The number of hydrogen-bond acceptors (Lipinski definition) is 3. The maximum absolute atomic E-state index is 11.8. The summed E-state index contributed by atoms with van der Waals surface area (Å²) < 4.78 is 7.06. The van der Waals surface area contributed by atoms with Gasteiger partial charge in [0, 0.05) is 25.0 Å². The monoisotopic (exact) mass is 292 g/mol. The van der Waals surface area contributed by atoms with Crippen molar-refractivity contribution in [3.8, 4) is 0 Å². The normalized spacial score (nSPS) is 18.4. The molecule has 1 aliphatic rings. The Hall–Kier alpha value is -1.29. The van der Waals surface area contributed by atoms with Crippen LogP contribution >= 0.6 is 0 Å². The second-order valence-electron chi connectivity index (χ2n) is 6.69. The first-order valence-electron chi connectivity index (χ1n) is 7.98. The molecular formula is C17H28N2O2. The van der Waals surface area contributed by atoms with E-state index in [-0.39, 0.29) is 5.97 Å². The maximum Gasteiger partial charge on any atom is 0.313 e. The van der Waals surface area contributed by atoms with Gasteiger partial charge in [0.15, 0.2) is 0 Å². The number of rotatable bonds is 6. The average Bonchev–Trinajstić information content (AvgIpc) is 2.85. The molecule has 1 aliphatic carbocycles. The zero-order chi connectivity index (χ0) is 15.5. The second kappa shape index (κ2) is 6.65. The number of aryl methyl sites for hydroxylation is 1. The topological polar surface area (TPSA) is 43.3 Å². The van der Waals surface area contributed by atoms with Crippen molar-refractivity contribution in [1.82, 2.24) is 9.88 Å². The summed E-state index contributed by atoms with van der Waals surface area (Å²) >= 11 is 0. The molecule has 21 heavy (non-hydrogen) atoms. The van der Waals surface area contributed by atoms with Crippen LogP contribution in [0.25, 0.3) is 0 Å². The van der Waals surface area contributed by atoms with E-state index in [1.165, 1.54) is 31.1 Å². The van der Waals surface area contributed by atoms with Gasteiger partial charge in [-0.2, -0.15) is 0 Å². The number of esters is 1. The van der Waals surface area contributed by atoms with Gasteiger partial charge in [-0.3, -0.25) is 4.79 Å². The molecule has 4 heteroatoms. The minimum Gasteiger partial charge on any atom is -0.469 e. The van der Waals surface area contributed by atoms with E-state index in [1.807, 2.05) is 13.8 Å². The lowest BCUT2D eigenvalue weighted by molar-refractivity contribution is -0.151. The molecule has 1 unspecified atom stereocenters. The zero-order valence-corrected chi connectivity index (χ0v) is 13.7. The molecule has 0 fully saturated rings. The molecule has 0 saturated carbocycles. The predicted octanol–water partition coefficient (Wildman–Crippen LogP) is 3.06. The molecule has 0 amide bonds. The second-order valence-corrected chi connectivity index (χ2v) is 6.69. The minimum atomic E-state index is -0.497. The van der Waals surface area contributed by atoms with Gasteiger partial charge in [-0.1, -0.05) is 6.92 Å². The first kappa shape index (κ1) is 16.1. The van der Waals surface area contributed by atoms with Crippen molar-refractivity contribution in [2.75, 3.05) is 13.7 Å². The van der Waals surface area contributed by atoms with Crippen LogP contribution in [0, 0.1) is 5.41 Å². The fourth-order valence-corrected chi connectivity index (χ4v) is 3.17. The molecule has 1 heterocycles. The van der Waals surface area contributed by atoms with Crippen molar-refractivity contribution in [3.05, 3.63) is 23.5 Å². The zero-order valence-electron chi connectivity index (χ0n) is 13.7. The van der Waals surface area contributed by atoms with Crippen molar-refractivity contribution in [3.63, 3.8) is 0 Å². The number of ether oxygens (including phenoxy) is 1. The lowest BCUT2D eigenvalue weighted by Gasteiger charge is -2.23. The summed E-state index contributed by atoms with van der Waals surface area (Å²) in [6.45, 7) is 7.78. The third kappa shape index (κ3) is 3.67. The van der Waals surface area contributed by atoms with Gasteiger partial charge in [0.1, 0.15) is 0 Å². The van der Waals surface area contributed by atoms with Crippen LogP contribution in [0.4, 0.5) is 0 Å². The summed E-state index contributed by atoms with van der Waals surface area (Å²) in [6, 6.07) is 0.469. The fraction of sp³-hybridized carbons (Fsp3) is 0.706. The lowest BCUT2D eigenvalue weighted by atomic mass is 9.91. The number of methoxy groups -OCH3 is 1. The molecule has 2 rings (SSSR count). The highest BCUT2D eigenvalue weighted by molar-refractivity contribution is 5.75. The Labute approximate surface area is 127 Å². The number of carbonyl (C=O) groups excluding carboxylic acids is 1. The van der Waals surface area contributed by atoms with Crippen LogP contribution < -0.4 is 5.32 Å². The van der Waals surface area contributed by atoms with Gasteiger partial charge in [0.2, 0.25) is 0 Å². The summed E-state index contributed by atoms with van der Waals surface area (Å²) in [4.78, 5) is 11.8. The highest BCUT2D eigenvalue weighted by Gasteiger charge is 2.30. The van der Waals surface area contributed by atoms with Crippen LogP contribution in [0.2, 0.25) is 0 Å². The number of hydrogen-bond donors (Lipinski definition) is 1. The Morgan fingerprint density at radius 1 is 1.48 bits per heavy atom. The van der Waals surface area contributed by atoms with Gasteiger partial charge in [0.05, 0.1) is 12.5 Å². The molecule has 0 aliphatic heterocycles. The van der Waals surface area contributed by atoms with Gasteiger partial charge < -0.3 is 14.6 Å². The Balaban J connectivity index is 2.14. The van der Waals surface area contributed by atoms with E-state index in [0.717, 1.165) is 19.4 Å². The van der Waals surface area contributed by atoms with Crippen molar-refractivity contribution in [2.45, 2.75) is 59.0 Å². The van der Waals surface area contributed by atoms with E-state index in [2.05, 4.69) is 29.2 Å². The molecule has 0 saturated heterocycles. The smallest absolute Gasteiger partial charge is 0.313 e. The van der Waals surface area contributed by atoms with E-state index in [4.69, 9.17) is 4.74 Å². The third-order valence-electron chi connectivity index (χ3n) is 4.27. The van der Waals surface area contributed by atoms with Crippen LogP contribution in [-0.4, -0.2) is 24.2 Å². The van der Waals surface area contributed by atoms with Crippen LogP contribution in [-0.2, 0) is 22.5 Å². The fourth-order valence-electron chi connectivity index (χ4n) is 3.17. The molecule has 118 valence electrons. The Kier molecular flexibility index (Phi) is 5.09. The van der Waals surface area contributed by atoms with E-state index in [9.17, 15) is 4.79 Å². The lowest BCUT2D eigenvalue weighted by Crippen LogP contribution is -2.30. The van der Waals surface area contributed by atoms with E-state index in [1.54, 1.807) is 0 Å². The first-order chi connectivity index (χ1) is 9.97. The first-order valence-corrected chi connectivity index (χ1v) is 7.98. The molecular weight excluding hydrogens is 264 g/mol. The van der Waals surface area contributed by atoms with Crippen LogP contribution in [0.1, 0.15) is 57.2 Å². The number of nitrogens with zero attached hydrogens (tertiary/aromatic N) is 1. The maximum atomic E-state index is 11.8. The summed E-state index contributed by atoms with van der Waals surface area (Å²) in [5.74, 6) is -0.158. The molecule has 1 atom stereocenters. The number of fused-ring (bicyclic) bond motifs is 1. The van der Waals surface area contributed by atoms with Gasteiger partial charge in [-0.15, -0.1) is 0 Å². The molecule has 4 nitrogen and oxygen atoms in total. The van der Waals surface area contributed by atoms with E-state index in [0.29, 0.717) is 12.6 Å². The molecule has 0 aromatic carbocycles. The van der Waals surface area contributed by atoms with Crippen molar-refractivity contribution in [2.24, 2.45) is 5.41 Å². The number of carbonyl (C=O) groups is 1. The van der Waals surface area contributed by atoms with Gasteiger partial charge in [-0.25, -0.2) is 0 Å². The van der Waals surface area contributed by atoms with Crippen LogP contribution in [0.5, 0.6) is 0 Å². The molecule has 0 radical (unpaired) electrons. The Bertz CT molecular complexity index is 491. The van der Waals surface area contributed by atoms with Crippen molar-refractivity contribution < 1.29 is 9.53 Å². The van der Waals surface area contributed by atoms with Gasteiger partial charge in [0.25, 0.3) is 0 Å². The summed E-state index contributed by atoms with van der Waals surface area (Å²) in [5.41, 5.74) is 2.34. The van der Waals surface area contributed by atoms with E-state index >= 15 is 0 Å². The third-order valence-corrected chi connectivity index (χ3v) is 4.27. The highest BCUT2D eigenvalue weighted by Crippen LogP contribution is 2.31.